The molecule has 3 heterocycles. The van der Waals surface area contributed by atoms with Gasteiger partial charge in [0.1, 0.15) is 0 Å². The zero-order valence-electron chi connectivity index (χ0n) is 37.5. The molecule has 0 atom stereocenters. The lowest BCUT2D eigenvalue weighted by Gasteiger charge is -2.44. The molecule has 2 aliphatic rings. The van der Waals surface area contributed by atoms with Crippen molar-refractivity contribution >= 4 is 39.1 Å². The number of para-hydroxylation sites is 4. The van der Waals surface area contributed by atoms with Crippen LogP contribution < -0.4 is 4.90 Å². The molecular formula is C65H42N4. The zero-order valence-corrected chi connectivity index (χ0v) is 37.5. The fraction of sp³-hybridized carbons (Fsp3) is 0.0154. The number of hydrogen-bond acceptors (Lipinski definition) is 3. The van der Waals surface area contributed by atoms with E-state index in [4.69, 9.17) is 9.97 Å². The number of aromatic nitrogens is 3. The predicted octanol–water partition coefficient (Wildman–Crippen LogP) is 16.4. The van der Waals surface area contributed by atoms with E-state index in [2.05, 4.69) is 252 Å². The average Bonchev–Trinajstić information content (AvgIpc) is 3.92. The highest BCUT2D eigenvalue weighted by Gasteiger charge is 2.52. The molecule has 0 fully saturated rings. The second-order valence-electron chi connectivity index (χ2n) is 18.1. The average molecular weight is 879 g/mol. The van der Waals surface area contributed by atoms with Gasteiger partial charge in [0.15, 0.2) is 0 Å². The fourth-order valence-electron chi connectivity index (χ4n) is 11.4. The SMILES string of the molecule is c1ccc(-c2cc(-c3ccccc3)nc(N3c4ccccc4C4(c5ccccc5-c5ccc(-c6ccc(-c7ccc8c(c7)c7ccccc7n8-c7ccccc7)cc6)cc54)c4ccccc43)n2)cc1. The Morgan fingerprint density at radius 1 is 0.304 bits per heavy atom. The van der Waals surface area contributed by atoms with E-state index in [9.17, 15) is 0 Å². The maximum absolute atomic E-state index is 5.39. The third-order valence-corrected chi connectivity index (χ3v) is 14.4. The van der Waals surface area contributed by atoms with Crippen molar-refractivity contribution in [2.75, 3.05) is 4.90 Å². The first-order valence-corrected chi connectivity index (χ1v) is 23.7. The van der Waals surface area contributed by atoms with Crippen LogP contribution >= 0.6 is 0 Å². The first kappa shape index (κ1) is 39.1. The number of rotatable bonds is 6. The summed E-state index contributed by atoms with van der Waals surface area (Å²) in [5.41, 5.74) is 21.1. The Kier molecular flexibility index (Phi) is 8.77. The Morgan fingerprint density at radius 2 is 0.783 bits per heavy atom. The molecular weight excluding hydrogens is 837 g/mol. The second-order valence-corrected chi connectivity index (χ2v) is 18.1. The number of nitrogens with zero attached hydrogens (tertiary/aromatic N) is 4. The van der Waals surface area contributed by atoms with Crippen molar-refractivity contribution in [1.29, 1.82) is 0 Å². The smallest absolute Gasteiger partial charge is 0.235 e. The molecule has 1 aliphatic heterocycles. The Hall–Kier alpha value is -9.12. The van der Waals surface area contributed by atoms with Crippen LogP contribution in [0.4, 0.5) is 17.3 Å². The third kappa shape index (κ3) is 5.95. The Bertz CT molecular complexity index is 3840. The van der Waals surface area contributed by atoms with Gasteiger partial charge >= 0.3 is 0 Å². The number of benzene rings is 10. The number of anilines is 3. The van der Waals surface area contributed by atoms with Crippen LogP contribution in [0.2, 0.25) is 0 Å². The minimum Gasteiger partial charge on any atom is -0.309 e. The highest BCUT2D eigenvalue weighted by Crippen LogP contribution is 2.63. The lowest BCUT2D eigenvalue weighted by Crippen LogP contribution is -2.36. The van der Waals surface area contributed by atoms with E-state index in [1.807, 2.05) is 12.1 Å². The minimum atomic E-state index is -0.612. The lowest BCUT2D eigenvalue weighted by atomic mass is 9.64. The van der Waals surface area contributed by atoms with E-state index in [0.29, 0.717) is 5.95 Å². The summed E-state index contributed by atoms with van der Waals surface area (Å²) in [5, 5.41) is 2.50. The summed E-state index contributed by atoms with van der Waals surface area (Å²) in [4.78, 5) is 13.1. The molecule has 0 saturated carbocycles. The molecule has 1 aliphatic carbocycles. The Morgan fingerprint density at radius 3 is 1.43 bits per heavy atom. The molecule has 0 N–H and O–H groups in total. The predicted molar refractivity (Wildman–Crippen MR) is 284 cm³/mol. The summed E-state index contributed by atoms with van der Waals surface area (Å²) in [6.45, 7) is 0. The molecule has 1 spiro atoms. The van der Waals surface area contributed by atoms with Gasteiger partial charge in [0, 0.05) is 27.6 Å². The molecule has 0 saturated heterocycles. The van der Waals surface area contributed by atoms with Crippen LogP contribution in [0, 0.1) is 0 Å². The number of hydrogen-bond donors (Lipinski definition) is 0. The number of fused-ring (bicyclic) bond motifs is 12. The zero-order chi connectivity index (χ0) is 45.5. The molecule has 0 amide bonds. The van der Waals surface area contributed by atoms with E-state index >= 15 is 0 Å². The first-order chi connectivity index (χ1) is 34.2. The van der Waals surface area contributed by atoms with Gasteiger partial charge in [-0.25, -0.2) is 9.97 Å². The molecule has 4 heteroatoms. The molecule has 0 radical (unpaired) electrons. The van der Waals surface area contributed by atoms with Crippen molar-refractivity contribution in [2.45, 2.75) is 5.41 Å². The fourth-order valence-corrected chi connectivity index (χ4v) is 11.4. The van der Waals surface area contributed by atoms with E-state index in [1.54, 1.807) is 0 Å². The highest BCUT2D eigenvalue weighted by molar-refractivity contribution is 6.10. The first-order valence-electron chi connectivity index (χ1n) is 23.7. The van der Waals surface area contributed by atoms with Gasteiger partial charge in [0.2, 0.25) is 5.95 Å². The summed E-state index contributed by atoms with van der Waals surface area (Å²) in [5.74, 6) is 0.631. The van der Waals surface area contributed by atoms with Gasteiger partial charge in [-0.1, -0.05) is 200 Å². The summed E-state index contributed by atoms with van der Waals surface area (Å²) < 4.78 is 2.37. The molecule has 10 aromatic carbocycles. The van der Waals surface area contributed by atoms with Crippen molar-refractivity contribution in [3.63, 3.8) is 0 Å². The van der Waals surface area contributed by atoms with Gasteiger partial charge < -0.3 is 4.57 Å². The van der Waals surface area contributed by atoms with E-state index in [0.717, 1.165) is 39.6 Å². The van der Waals surface area contributed by atoms with Gasteiger partial charge in [-0.05, 0) is 110 Å². The maximum Gasteiger partial charge on any atom is 0.235 e. The van der Waals surface area contributed by atoms with Crippen molar-refractivity contribution in [2.24, 2.45) is 0 Å². The summed E-state index contributed by atoms with van der Waals surface area (Å²) >= 11 is 0. The second kappa shape index (κ2) is 15.5. The van der Waals surface area contributed by atoms with Gasteiger partial charge in [-0.3, -0.25) is 4.90 Å². The molecule has 0 bridgehead atoms. The third-order valence-electron chi connectivity index (χ3n) is 14.4. The molecule has 322 valence electrons. The van der Waals surface area contributed by atoms with Gasteiger partial charge in [-0.15, -0.1) is 0 Å². The summed E-state index contributed by atoms with van der Waals surface area (Å²) in [6, 6.07) is 92.2. The molecule has 4 nitrogen and oxygen atoms in total. The van der Waals surface area contributed by atoms with E-state index in [-0.39, 0.29) is 0 Å². The lowest BCUT2D eigenvalue weighted by molar-refractivity contribution is 0.750. The molecule has 69 heavy (non-hydrogen) atoms. The van der Waals surface area contributed by atoms with Gasteiger partial charge in [0.05, 0.1) is 39.2 Å². The van der Waals surface area contributed by atoms with Crippen LogP contribution in [0.25, 0.3) is 83.4 Å². The topological polar surface area (TPSA) is 34.0 Å². The molecule has 12 aromatic rings. The van der Waals surface area contributed by atoms with E-state index in [1.165, 1.54) is 77.4 Å². The normalized spacial score (nSPS) is 13.0. The van der Waals surface area contributed by atoms with Crippen molar-refractivity contribution in [3.05, 3.63) is 277 Å². The quantitative estimate of drug-likeness (QED) is 0.167. The van der Waals surface area contributed by atoms with Crippen LogP contribution in [0.1, 0.15) is 22.3 Å². The van der Waals surface area contributed by atoms with Crippen molar-refractivity contribution < 1.29 is 0 Å². The van der Waals surface area contributed by atoms with Crippen molar-refractivity contribution in [3.8, 4) is 61.6 Å². The van der Waals surface area contributed by atoms with E-state index < -0.39 is 5.41 Å². The maximum atomic E-state index is 5.39. The standard InChI is InChI=1S/C65H42N4/c1-4-18-45(19-5-1)58-42-59(46-20-6-2-7-21-46)67-64(66-58)69-62-30-16-13-27-55(62)65(56-28-14-17-31-63(56)69)54-26-12-10-24-50(54)51-38-36-48(41-57(51)65)44-34-32-43(33-35-44)47-37-39-61-53(40-47)52-25-11-15-29-60(52)68(61)49-22-8-3-9-23-49/h1-42H. The Labute approximate surface area is 400 Å². The van der Waals surface area contributed by atoms with Crippen molar-refractivity contribution in [1.82, 2.24) is 14.5 Å². The molecule has 2 aromatic heterocycles. The van der Waals surface area contributed by atoms with Crippen LogP contribution in [0.5, 0.6) is 0 Å². The van der Waals surface area contributed by atoms with Gasteiger partial charge in [0.25, 0.3) is 0 Å². The minimum absolute atomic E-state index is 0.612. The van der Waals surface area contributed by atoms with Crippen LogP contribution in [0.3, 0.4) is 0 Å². The summed E-state index contributed by atoms with van der Waals surface area (Å²) in [7, 11) is 0. The summed E-state index contributed by atoms with van der Waals surface area (Å²) in [6.07, 6.45) is 0. The largest absolute Gasteiger partial charge is 0.309 e. The van der Waals surface area contributed by atoms with Crippen LogP contribution in [-0.2, 0) is 5.41 Å². The van der Waals surface area contributed by atoms with Gasteiger partial charge in [-0.2, -0.15) is 0 Å². The molecule has 0 unspecified atom stereocenters. The monoisotopic (exact) mass is 878 g/mol. The van der Waals surface area contributed by atoms with Crippen LogP contribution in [-0.4, -0.2) is 14.5 Å². The Balaban J connectivity index is 0.911. The van der Waals surface area contributed by atoms with Crippen LogP contribution in [0.15, 0.2) is 255 Å². The highest BCUT2D eigenvalue weighted by atomic mass is 15.3. The molecule has 14 rings (SSSR count).